The van der Waals surface area contributed by atoms with Crippen molar-refractivity contribution in [3.63, 3.8) is 0 Å². The molecule has 2 aromatic heterocycles. The first kappa shape index (κ1) is 31.7. The summed E-state index contributed by atoms with van der Waals surface area (Å²) in [4.78, 5) is 42.0. The lowest BCUT2D eigenvalue weighted by atomic mass is 9.99. The molecule has 0 unspecified atom stereocenters. The molecule has 0 spiro atoms. The Kier molecular flexibility index (Phi) is 9.55. The van der Waals surface area contributed by atoms with Crippen LogP contribution in [0.3, 0.4) is 0 Å². The molecule has 10 heteroatoms. The number of hydrogen-bond donors (Lipinski definition) is 1. The number of rotatable bonds is 12. The number of hydrogen-bond acceptors (Lipinski definition) is 6. The first-order valence-electron chi connectivity index (χ1n) is 14.4. The van der Waals surface area contributed by atoms with Gasteiger partial charge in [-0.25, -0.2) is 8.78 Å². The quantitative estimate of drug-likeness (QED) is 0.162. The van der Waals surface area contributed by atoms with Gasteiger partial charge in [0.1, 0.15) is 22.2 Å². The van der Waals surface area contributed by atoms with Crippen molar-refractivity contribution >= 4 is 33.2 Å². The van der Waals surface area contributed by atoms with E-state index in [4.69, 9.17) is 10.5 Å². The number of carbonyl (C=O) groups is 2. The first-order valence-corrected chi connectivity index (χ1v) is 15.2. The molecule has 0 fully saturated rings. The van der Waals surface area contributed by atoms with E-state index in [0.717, 1.165) is 16.0 Å². The van der Waals surface area contributed by atoms with Crippen molar-refractivity contribution in [2.45, 2.75) is 33.5 Å². The molecule has 2 heterocycles. The Labute approximate surface area is 263 Å². The Bertz CT molecular complexity index is 1900. The number of primary amides is 1. The number of benzene rings is 3. The smallest absolute Gasteiger partial charge is 0.255 e. The number of Topliss-reactive ketones (excluding diaryl/α,β-unsaturated/α-hetero) is 1. The lowest BCUT2D eigenvalue weighted by Gasteiger charge is -2.18. The third-order valence-electron chi connectivity index (χ3n) is 7.41. The highest BCUT2D eigenvalue weighted by Gasteiger charge is 2.26. The number of aromatic nitrogens is 1. The van der Waals surface area contributed by atoms with Crippen molar-refractivity contribution in [2.24, 2.45) is 11.7 Å². The number of nitrogens with zero attached hydrogens (tertiary/aromatic N) is 2. The Morgan fingerprint density at radius 2 is 1.60 bits per heavy atom. The molecule has 0 saturated carbocycles. The molecular formula is C35H33F2N3O4S. The van der Waals surface area contributed by atoms with Gasteiger partial charge in [0.25, 0.3) is 5.91 Å². The Balaban J connectivity index is 1.72. The van der Waals surface area contributed by atoms with Gasteiger partial charge < -0.3 is 15.0 Å². The molecule has 0 atom stereocenters. The van der Waals surface area contributed by atoms with Crippen LogP contribution in [0.15, 0.2) is 83.8 Å². The van der Waals surface area contributed by atoms with Crippen LogP contribution in [0.2, 0.25) is 0 Å². The summed E-state index contributed by atoms with van der Waals surface area (Å²) in [7, 11) is 1.94. The number of nitrogens with two attached hydrogens (primary N) is 1. The maximum atomic E-state index is 14.9. The number of thiophene rings is 1. The summed E-state index contributed by atoms with van der Waals surface area (Å²) in [5.74, 6) is -2.41. The lowest BCUT2D eigenvalue weighted by molar-refractivity contribution is -0.119. The van der Waals surface area contributed by atoms with Gasteiger partial charge in [-0.05, 0) is 60.1 Å². The van der Waals surface area contributed by atoms with Crippen molar-refractivity contribution in [3.8, 4) is 16.2 Å². The zero-order valence-electron chi connectivity index (χ0n) is 25.2. The van der Waals surface area contributed by atoms with Gasteiger partial charge in [-0.3, -0.25) is 19.3 Å². The second kappa shape index (κ2) is 13.5. The molecule has 3 aromatic carbocycles. The van der Waals surface area contributed by atoms with Gasteiger partial charge in [-0.15, -0.1) is 11.3 Å². The third kappa shape index (κ3) is 7.02. The van der Waals surface area contributed by atoms with Crippen LogP contribution in [0, 0.1) is 17.6 Å². The molecule has 2 N–H and O–H groups in total. The Hall–Kier alpha value is -4.67. The van der Waals surface area contributed by atoms with Gasteiger partial charge in [0.2, 0.25) is 5.43 Å². The van der Waals surface area contributed by atoms with E-state index in [1.807, 2.05) is 49.5 Å². The molecule has 232 valence electrons. The minimum atomic E-state index is -0.718. The fraction of sp³-hybridized carbons (Fsp3) is 0.229. The monoisotopic (exact) mass is 629 g/mol. The maximum Gasteiger partial charge on any atom is 0.255 e. The predicted octanol–water partition coefficient (Wildman–Crippen LogP) is 6.39. The SMILES string of the molecule is CC(C)C(=O)c1cn(Cc2c(F)cccc2F)c2sc(-c3ccc(OCC(N)=O)cc3)c(CN(C)Cc3ccccc3)c2c1=O. The molecule has 45 heavy (non-hydrogen) atoms. The van der Waals surface area contributed by atoms with Crippen molar-refractivity contribution in [1.29, 1.82) is 0 Å². The van der Waals surface area contributed by atoms with E-state index in [1.165, 1.54) is 35.7 Å². The number of ketones is 1. The van der Waals surface area contributed by atoms with Gasteiger partial charge in [0.05, 0.1) is 17.5 Å². The van der Waals surface area contributed by atoms with E-state index in [-0.39, 0.29) is 30.1 Å². The highest BCUT2D eigenvalue weighted by molar-refractivity contribution is 7.22. The fourth-order valence-corrected chi connectivity index (χ4v) is 6.51. The van der Waals surface area contributed by atoms with E-state index in [0.29, 0.717) is 34.6 Å². The summed E-state index contributed by atoms with van der Waals surface area (Å²) in [5, 5.41) is 0.340. The summed E-state index contributed by atoms with van der Waals surface area (Å²) in [6, 6.07) is 20.6. The Morgan fingerprint density at radius 1 is 0.933 bits per heavy atom. The molecule has 5 rings (SSSR count). The summed E-state index contributed by atoms with van der Waals surface area (Å²) in [6.07, 6.45) is 1.43. The third-order valence-corrected chi connectivity index (χ3v) is 8.73. The van der Waals surface area contributed by atoms with Gasteiger partial charge in [-0.2, -0.15) is 0 Å². The minimum absolute atomic E-state index is 0.0271. The Morgan fingerprint density at radius 3 is 2.22 bits per heavy atom. The van der Waals surface area contributed by atoms with Gasteiger partial charge >= 0.3 is 0 Å². The first-order chi connectivity index (χ1) is 21.5. The standard InChI is InChI=1S/C35H33F2N3O4S/c1-21(2)32(42)27-19-40(18-25-28(36)10-7-11-29(25)37)35-31(33(27)43)26(17-39(3)16-22-8-5-4-6-9-22)34(45-35)23-12-14-24(15-13-23)44-20-30(38)41/h4-15,19,21H,16-18,20H2,1-3H3,(H2,38,41). The van der Waals surface area contributed by atoms with Crippen LogP contribution in [0.5, 0.6) is 5.75 Å². The number of carbonyl (C=O) groups excluding carboxylic acids is 2. The fourth-order valence-electron chi connectivity index (χ4n) is 5.22. The largest absolute Gasteiger partial charge is 0.484 e. The topological polar surface area (TPSA) is 94.6 Å². The van der Waals surface area contributed by atoms with Crippen molar-refractivity contribution in [1.82, 2.24) is 9.47 Å². The van der Waals surface area contributed by atoms with Crippen LogP contribution in [0.1, 0.15) is 40.9 Å². The zero-order chi connectivity index (χ0) is 32.2. The van der Waals surface area contributed by atoms with Gasteiger partial charge in [-0.1, -0.05) is 50.2 Å². The average molecular weight is 630 g/mol. The van der Waals surface area contributed by atoms with E-state index in [2.05, 4.69) is 4.90 Å². The highest BCUT2D eigenvalue weighted by atomic mass is 32.1. The molecule has 7 nitrogen and oxygen atoms in total. The number of fused-ring (bicyclic) bond motifs is 1. The summed E-state index contributed by atoms with van der Waals surface area (Å²) >= 11 is 1.32. The zero-order valence-corrected chi connectivity index (χ0v) is 26.0. The van der Waals surface area contributed by atoms with Gasteiger partial charge in [0.15, 0.2) is 12.4 Å². The second-order valence-corrected chi connectivity index (χ2v) is 12.2. The average Bonchev–Trinajstić information content (AvgIpc) is 3.39. The van der Waals surface area contributed by atoms with Crippen LogP contribution in [0.4, 0.5) is 8.78 Å². The van der Waals surface area contributed by atoms with Crippen molar-refractivity contribution in [3.05, 3.63) is 123 Å². The molecule has 5 aromatic rings. The number of pyridine rings is 1. The molecule has 1 amide bonds. The van der Waals surface area contributed by atoms with E-state index >= 15 is 0 Å². The van der Waals surface area contributed by atoms with Gasteiger partial charge in [0, 0.05) is 35.6 Å². The predicted molar refractivity (Wildman–Crippen MR) is 172 cm³/mol. The number of ether oxygens (including phenoxy) is 1. The van der Waals surface area contributed by atoms with Crippen LogP contribution in [0.25, 0.3) is 20.7 Å². The lowest BCUT2D eigenvalue weighted by Crippen LogP contribution is -2.24. The van der Waals surface area contributed by atoms with Crippen LogP contribution < -0.4 is 15.9 Å². The van der Waals surface area contributed by atoms with E-state index in [9.17, 15) is 23.2 Å². The molecule has 0 aliphatic heterocycles. The van der Waals surface area contributed by atoms with Crippen LogP contribution in [-0.4, -0.2) is 34.8 Å². The normalized spacial score (nSPS) is 11.4. The minimum Gasteiger partial charge on any atom is -0.484 e. The maximum absolute atomic E-state index is 14.9. The van der Waals surface area contributed by atoms with Crippen LogP contribution >= 0.6 is 11.3 Å². The van der Waals surface area contributed by atoms with Crippen molar-refractivity contribution < 1.29 is 23.1 Å². The number of halogens is 2. The highest BCUT2D eigenvalue weighted by Crippen LogP contribution is 2.39. The molecule has 0 aliphatic carbocycles. The molecule has 0 aliphatic rings. The van der Waals surface area contributed by atoms with Crippen molar-refractivity contribution in [2.75, 3.05) is 13.7 Å². The molecule has 0 bridgehead atoms. The van der Waals surface area contributed by atoms with E-state index < -0.39 is 28.9 Å². The van der Waals surface area contributed by atoms with E-state index in [1.54, 1.807) is 30.5 Å². The summed E-state index contributed by atoms with van der Waals surface area (Å²) < 4.78 is 36.7. The molecular weight excluding hydrogens is 596 g/mol. The summed E-state index contributed by atoms with van der Waals surface area (Å²) in [5.41, 5.74) is 7.15. The number of amides is 1. The summed E-state index contributed by atoms with van der Waals surface area (Å²) in [6.45, 7) is 3.89. The molecule has 0 saturated heterocycles. The molecule has 0 radical (unpaired) electrons. The van der Waals surface area contributed by atoms with Crippen LogP contribution in [-0.2, 0) is 24.4 Å². The second-order valence-electron chi connectivity index (χ2n) is 11.2.